The van der Waals surface area contributed by atoms with Crippen LogP contribution in [0.3, 0.4) is 0 Å². The molecular formula is C16H16FNO4S. The minimum atomic E-state index is -3.62. The average Bonchev–Trinajstić information content (AvgIpc) is 2.96. The molecule has 2 aromatic rings. The molecule has 1 aromatic heterocycles. The van der Waals surface area contributed by atoms with Crippen molar-refractivity contribution in [1.29, 1.82) is 0 Å². The molecule has 0 saturated carbocycles. The third-order valence-electron chi connectivity index (χ3n) is 3.16. The van der Waals surface area contributed by atoms with E-state index in [9.17, 15) is 17.6 Å². The molecule has 1 amide bonds. The standard InChI is InChI=1S/C16H16FNO4S/c1-11(18-16(19)8-6-13-4-3-9-22-13)12-5-7-15(14(17)10-12)23(2,20)21/h3-11H,1-2H3,(H,18,19)/b8-6+. The summed E-state index contributed by atoms with van der Waals surface area (Å²) in [7, 11) is -3.62. The van der Waals surface area contributed by atoms with Crippen LogP contribution in [0.25, 0.3) is 6.08 Å². The van der Waals surface area contributed by atoms with Crippen LogP contribution in [-0.4, -0.2) is 20.6 Å². The van der Waals surface area contributed by atoms with Crippen molar-refractivity contribution in [3.63, 3.8) is 0 Å². The summed E-state index contributed by atoms with van der Waals surface area (Å²) in [5, 5.41) is 2.66. The number of sulfone groups is 1. The van der Waals surface area contributed by atoms with Gasteiger partial charge in [0, 0.05) is 12.3 Å². The van der Waals surface area contributed by atoms with Crippen molar-refractivity contribution in [3.8, 4) is 0 Å². The Balaban J connectivity index is 2.07. The van der Waals surface area contributed by atoms with Crippen LogP contribution in [0.5, 0.6) is 0 Å². The smallest absolute Gasteiger partial charge is 0.244 e. The predicted octanol–water partition coefficient (Wildman–Crippen LogP) is 2.71. The highest BCUT2D eigenvalue weighted by Crippen LogP contribution is 2.20. The number of carbonyl (C=O) groups excluding carboxylic acids is 1. The second kappa shape index (κ2) is 6.78. The summed E-state index contributed by atoms with van der Waals surface area (Å²) in [5.74, 6) is -0.671. The predicted molar refractivity (Wildman–Crippen MR) is 83.8 cm³/mol. The van der Waals surface area contributed by atoms with Crippen LogP contribution in [0.15, 0.2) is 52.0 Å². The Labute approximate surface area is 133 Å². The third-order valence-corrected chi connectivity index (χ3v) is 4.29. The second-order valence-corrected chi connectivity index (χ2v) is 7.03. The fourth-order valence-corrected chi connectivity index (χ4v) is 2.70. The van der Waals surface area contributed by atoms with Crippen molar-refractivity contribution < 1.29 is 22.0 Å². The van der Waals surface area contributed by atoms with Gasteiger partial charge in [-0.2, -0.15) is 0 Å². The van der Waals surface area contributed by atoms with E-state index in [4.69, 9.17) is 4.42 Å². The Morgan fingerprint density at radius 2 is 2.09 bits per heavy atom. The van der Waals surface area contributed by atoms with Gasteiger partial charge in [-0.05, 0) is 42.8 Å². The van der Waals surface area contributed by atoms with Crippen molar-refractivity contribution in [2.45, 2.75) is 17.9 Å². The first-order chi connectivity index (χ1) is 10.8. The molecule has 0 saturated heterocycles. The van der Waals surface area contributed by atoms with Crippen LogP contribution in [0.2, 0.25) is 0 Å². The molecule has 7 heteroatoms. The first kappa shape index (κ1) is 17.0. The minimum absolute atomic E-state index is 0.363. The van der Waals surface area contributed by atoms with Gasteiger partial charge in [-0.25, -0.2) is 12.8 Å². The molecule has 0 spiro atoms. The average molecular weight is 337 g/mol. The van der Waals surface area contributed by atoms with Gasteiger partial charge >= 0.3 is 0 Å². The molecular weight excluding hydrogens is 321 g/mol. The van der Waals surface area contributed by atoms with Crippen LogP contribution in [0, 0.1) is 5.82 Å². The maximum atomic E-state index is 13.9. The summed E-state index contributed by atoms with van der Waals surface area (Å²) >= 11 is 0. The minimum Gasteiger partial charge on any atom is -0.465 e. The maximum absolute atomic E-state index is 13.9. The summed E-state index contributed by atoms with van der Waals surface area (Å²) < 4.78 is 41.7. The van der Waals surface area contributed by atoms with Crippen LogP contribution in [0.1, 0.15) is 24.3 Å². The van der Waals surface area contributed by atoms with Gasteiger partial charge in [0.05, 0.1) is 12.3 Å². The molecule has 5 nitrogen and oxygen atoms in total. The van der Waals surface area contributed by atoms with Gasteiger partial charge in [0.15, 0.2) is 9.84 Å². The fourth-order valence-electron chi connectivity index (χ4n) is 1.98. The first-order valence-electron chi connectivity index (χ1n) is 6.79. The van der Waals surface area contributed by atoms with Crippen molar-refractivity contribution in [1.82, 2.24) is 5.32 Å². The third kappa shape index (κ3) is 4.53. The van der Waals surface area contributed by atoms with E-state index in [1.807, 2.05) is 0 Å². The van der Waals surface area contributed by atoms with E-state index in [-0.39, 0.29) is 10.8 Å². The number of halogens is 1. The molecule has 1 aromatic carbocycles. The van der Waals surface area contributed by atoms with E-state index >= 15 is 0 Å². The van der Waals surface area contributed by atoms with Crippen molar-refractivity contribution in [3.05, 3.63) is 59.8 Å². The Morgan fingerprint density at radius 1 is 1.35 bits per heavy atom. The van der Waals surface area contributed by atoms with Gasteiger partial charge in [-0.3, -0.25) is 4.79 Å². The molecule has 0 aliphatic heterocycles. The molecule has 0 bridgehead atoms. The first-order valence-corrected chi connectivity index (χ1v) is 8.68. The van der Waals surface area contributed by atoms with E-state index < -0.39 is 21.7 Å². The van der Waals surface area contributed by atoms with E-state index in [0.29, 0.717) is 11.3 Å². The number of hydrogen-bond acceptors (Lipinski definition) is 4. The summed E-state index contributed by atoms with van der Waals surface area (Å²) in [4.78, 5) is 11.4. The number of furan rings is 1. The zero-order valence-electron chi connectivity index (χ0n) is 12.6. The molecule has 1 N–H and O–H groups in total. The SMILES string of the molecule is CC(NC(=O)/C=C/c1ccco1)c1ccc(S(C)(=O)=O)c(F)c1. The van der Waals surface area contributed by atoms with Crippen LogP contribution in [-0.2, 0) is 14.6 Å². The number of benzene rings is 1. The number of rotatable bonds is 5. The van der Waals surface area contributed by atoms with Crippen molar-refractivity contribution >= 4 is 21.8 Å². The quantitative estimate of drug-likeness (QED) is 0.851. The lowest BCUT2D eigenvalue weighted by Gasteiger charge is -2.14. The lowest BCUT2D eigenvalue weighted by Crippen LogP contribution is -2.24. The summed E-state index contributed by atoms with van der Waals surface area (Å²) in [6.07, 6.45) is 5.24. The maximum Gasteiger partial charge on any atom is 0.244 e. The number of amides is 1. The fraction of sp³-hybridized carbons (Fsp3) is 0.188. The number of hydrogen-bond donors (Lipinski definition) is 1. The van der Waals surface area contributed by atoms with Gasteiger partial charge in [0.25, 0.3) is 0 Å². The molecule has 2 rings (SSSR count). The van der Waals surface area contributed by atoms with E-state index in [0.717, 1.165) is 12.3 Å². The largest absolute Gasteiger partial charge is 0.465 e. The van der Waals surface area contributed by atoms with Crippen LogP contribution in [0.4, 0.5) is 4.39 Å². The monoisotopic (exact) mass is 337 g/mol. The second-order valence-electron chi connectivity index (χ2n) is 5.04. The normalized spacial score (nSPS) is 13.2. The lowest BCUT2D eigenvalue weighted by molar-refractivity contribution is -0.117. The zero-order valence-corrected chi connectivity index (χ0v) is 13.4. The molecule has 1 unspecified atom stereocenters. The van der Waals surface area contributed by atoms with Crippen molar-refractivity contribution in [2.24, 2.45) is 0 Å². The van der Waals surface area contributed by atoms with E-state index in [1.54, 1.807) is 19.1 Å². The highest BCUT2D eigenvalue weighted by molar-refractivity contribution is 7.90. The van der Waals surface area contributed by atoms with Gasteiger partial charge < -0.3 is 9.73 Å². The van der Waals surface area contributed by atoms with Gasteiger partial charge in [-0.15, -0.1) is 0 Å². The number of carbonyl (C=O) groups is 1. The molecule has 122 valence electrons. The van der Waals surface area contributed by atoms with Gasteiger partial charge in [-0.1, -0.05) is 6.07 Å². The van der Waals surface area contributed by atoms with Crippen LogP contribution < -0.4 is 5.32 Å². The Morgan fingerprint density at radius 3 is 2.65 bits per heavy atom. The van der Waals surface area contributed by atoms with Crippen LogP contribution >= 0.6 is 0 Å². The highest BCUT2D eigenvalue weighted by Gasteiger charge is 2.16. The molecule has 1 heterocycles. The molecule has 0 fully saturated rings. The topological polar surface area (TPSA) is 76.4 Å². The van der Waals surface area contributed by atoms with E-state index in [1.165, 1.54) is 30.5 Å². The zero-order chi connectivity index (χ0) is 17.0. The highest BCUT2D eigenvalue weighted by atomic mass is 32.2. The van der Waals surface area contributed by atoms with Crippen molar-refractivity contribution in [2.75, 3.05) is 6.26 Å². The number of nitrogens with one attached hydrogen (secondary N) is 1. The molecule has 0 radical (unpaired) electrons. The Bertz CT molecular complexity index is 826. The lowest BCUT2D eigenvalue weighted by atomic mass is 10.1. The molecule has 1 atom stereocenters. The van der Waals surface area contributed by atoms with E-state index in [2.05, 4.69) is 5.32 Å². The summed E-state index contributed by atoms with van der Waals surface area (Å²) in [6.45, 7) is 1.67. The Kier molecular flexibility index (Phi) is 5.00. The Hall–Kier alpha value is -2.41. The molecule has 0 aliphatic rings. The summed E-state index contributed by atoms with van der Waals surface area (Å²) in [5.41, 5.74) is 0.467. The van der Waals surface area contributed by atoms with Gasteiger partial charge in [0.1, 0.15) is 16.5 Å². The van der Waals surface area contributed by atoms with Gasteiger partial charge in [0.2, 0.25) is 5.91 Å². The molecule has 23 heavy (non-hydrogen) atoms. The summed E-state index contributed by atoms with van der Waals surface area (Å²) in [6, 6.07) is 6.70. The molecule has 0 aliphatic carbocycles.